The Labute approximate surface area is 150 Å². The van der Waals surface area contributed by atoms with E-state index in [1.807, 2.05) is 0 Å². The van der Waals surface area contributed by atoms with Gasteiger partial charge in [-0.25, -0.2) is 8.78 Å². The van der Waals surface area contributed by atoms with Crippen LogP contribution in [0.3, 0.4) is 0 Å². The number of amides is 2. The molecule has 1 fully saturated rings. The first kappa shape index (κ1) is 18.8. The van der Waals surface area contributed by atoms with Crippen molar-refractivity contribution in [2.24, 2.45) is 5.92 Å². The summed E-state index contributed by atoms with van der Waals surface area (Å²) in [7, 11) is 0. The number of halogens is 5. The molecule has 27 heavy (non-hydrogen) atoms. The van der Waals surface area contributed by atoms with Gasteiger partial charge in [0.05, 0.1) is 17.2 Å². The van der Waals surface area contributed by atoms with Gasteiger partial charge < -0.3 is 10.2 Å². The minimum atomic E-state index is -4.55. The highest BCUT2D eigenvalue weighted by Crippen LogP contribution is 2.32. The van der Waals surface area contributed by atoms with Gasteiger partial charge in [0.25, 0.3) is 0 Å². The summed E-state index contributed by atoms with van der Waals surface area (Å²) >= 11 is 0. The number of alkyl halides is 3. The molecule has 1 saturated heterocycles. The lowest BCUT2D eigenvalue weighted by Gasteiger charge is -2.17. The molecule has 142 valence electrons. The summed E-state index contributed by atoms with van der Waals surface area (Å²) in [4.78, 5) is 25.4. The largest absolute Gasteiger partial charge is 0.416 e. The predicted molar refractivity (Wildman–Crippen MR) is 86.9 cm³/mol. The monoisotopic (exact) mass is 384 g/mol. The molecule has 1 aliphatic heterocycles. The van der Waals surface area contributed by atoms with Crippen molar-refractivity contribution in [3.63, 3.8) is 0 Å². The van der Waals surface area contributed by atoms with E-state index in [0.29, 0.717) is 6.07 Å². The van der Waals surface area contributed by atoms with Gasteiger partial charge in [-0.15, -0.1) is 0 Å². The fourth-order valence-electron chi connectivity index (χ4n) is 2.83. The highest BCUT2D eigenvalue weighted by atomic mass is 19.4. The second kappa shape index (κ2) is 6.98. The van der Waals surface area contributed by atoms with Gasteiger partial charge in [0, 0.05) is 24.7 Å². The molecule has 1 unspecified atom stereocenters. The molecule has 1 N–H and O–H groups in total. The highest BCUT2D eigenvalue weighted by Gasteiger charge is 2.36. The summed E-state index contributed by atoms with van der Waals surface area (Å²) in [5, 5.41) is 2.34. The van der Waals surface area contributed by atoms with Crippen molar-refractivity contribution in [1.29, 1.82) is 0 Å². The average molecular weight is 384 g/mol. The van der Waals surface area contributed by atoms with Crippen LogP contribution in [0.1, 0.15) is 12.0 Å². The van der Waals surface area contributed by atoms with Gasteiger partial charge in [-0.1, -0.05) is 6.07 Å². The van der Waals surface area contributed by atoms with E-state index in [1.165, 1.54) is 6.07 Å². The number of benzene rings is 2. The molecule has 9 heteroatoms. The lowest BCUT2D eigenvalue weighted by atomic mass is 10.1. The third-order valence-electron chi connectivity index (χ3n) is 4.15. The molecule has 0 bridgehead atoms. The van der Waals surface area contributed by atoms with Crippen molar-refractivity contribution >= 4 is 23.2 Å². The van der Waals surface area contributed by atoms with E-state index in [4.69, 9.17) is 0 Å². The Morgan fingerprint density at radius 2 is 1.85 bits per heavy atom. The third kappa shape index (κ3) is 4.07. The van der Waals surface area contributed by atoms with E-state index < -0.39 is 41.1 Å². The first-order chi connectivity index (χ1) is 12.6. The van der Waals surface area contributed by atoms with E-state index in [1.54, 1.807) is 0 Å². The number of nitrogens with zero attached hydrogens (tertiary/aromatic N) is 1. The van der Waals surface area contributed by atoms with Crippen molar-refractivity contribution in [2.45, 2.75) is 12.6 Å². The van der Waals surface area contributed by atoms with Gasteiger partial charge in [0.1, 0.15) is 11.6 Å². The van der Waals surface area contributed by atoms with Crippen LogP contribution in [-0.2, 0) is 15.8 Å². The van der Waals surface area contributed by atoms with Crippen molar-refractivity contribution in [2.75, 3.05) is 16.8 Å². The molecular formula is C18H13F5N2O2. The van der Waals surface area contributed by atoms with Crippen molar-refractivity contribution < 1.29 is 31.5 Å². The number of hydrogen-bond donors (Lipinski definition) is 1. The molecule has 1 atom stereocenters. The SMILES string of the molecule is O=C(Nc1cccc(C(F)(F)F)c1)C1CC(=O)N(c2ccc(F)cc2F)C1. The van der Waals surface area contributed by atoms with Crippen LogP contribution < -0.4 is 10.2 Å². The van der Waals surface area contributed by atoms with Crippen molar-refractivity contribution in [1.82, 2.24) is 0 Å². The normalized spacial score (nSPS) is 17.3. The summed E-state index contributed by atoms with van der Waals surface area (Å²) in [5.41, 5.74) is -1.14. The number of nitrogens with one attached hydrogen (secondary N) is 1. The summed E-state index contributed by atoms with van der Waals surface area (Å²) in [6, 6.07) is 6.80. The fourth-order valence-corrected chi connectivity index (χ4v) is 2.83. The smallest absolute Gasteiger partial charge is 0.326 e. The molecule has 2 amide bonds. The summed E-state index contributed by atoms with van der Waals surface area (Å²) in [5.74, 6) is -3.82. The van der Waals surface area contributed by atoms with E-state index >= 15 is 0 Å². The quantitative estimate of drug-likeness (QED) is 0.814. The van der Waals surface area contributed by atoms with Crippen molar-refractivity contribution in [3.05, 3.63) is 59.7 Å². The third-order valence-corrected chi connectivity index (χ3v) is 4.15. The molecule has 2 aromatic carbocycles. The lowest BCUT2D eigenvalue weighted by molar-refractivity contribution is -0.137. The van der Waals surface area contributed by atoms with Crippen LogP contribution in [0, 0.1) is 17.6 Å². The van der Waals surface area contributed by atoms with Gasteiger partial charge in [0.2, 0.25) is 11.8 Å². The molecule has 1 heterocycles. The van der Waals surface area contributed by atoms with E-state index in [-0.39, 0.29) is 24.3 Å². The first-order valence-corrected chi connectivity index (χ1v) is 7.88. The number of carbonyl (C=O) groups excluding carboxylic acids is 2. The predicted octanol–water partition coefficient (Wildman–Crippen LogP) is 3.98. The van der Waals surface area contributed by atoms with Gasteiger partial charge >= 0.3 is 6.18 Å². The maximum absolute atomic E-state index is 13.9. The Hall–Kier alpha value is -2.97. The summed E-state index contributed by atoms with van der Waals surface area (Å²) in [6.45, 7) is -0.161. The first-order valence-electron chi connectivity index (χ1n) is 7.88. The molecular weight excluding hydrogens is 371 g/mol. The van der Waals surface area contributed by atoms with Crippen LogP contribution in [0.5, 0.6) is 0 Å². The van der Waals surface area contributed by atoms with Gasteiger partial charge in [0.15, 0.2) is 0 Å². The molecule has 0 radical (unpaired) electrons. The zero-order valence-electron chi connectivity index (χ0n) is 13.7. The topological polar surface area (TPSA) is 49.4 Å². The maximum Gasteiger partial charge on any atom is 0.416 e. The molecule has 0 saturated carbocycles. The minimum absolute atomic E-state index is 0.0614. The molecule has 0 spiro atoms. The Morgan fingerprint density at radius 3 is 2.52 bits per heavy atom. The van der Waals surface area contributed by atoms with E-state index in [0.717, 1.165) is 35.2 Å². The highest BCUT2D eigenvalue weighted by molar-refractivity contribution is 6.03. The minimum Gasteiger partial charge on any atom is -0.326 e. The summed E-state index contributed by atoms with van der Waals surface area (Å²) in [6.07, 6.45) is -4.79. The van der Waals surface area contributed by atoms with Crippen LogP contribution in [0.15, 0.2) is 42.5 Å². The van der Waals surface area contributed by atoms with Gasteiger partial charge in [-0.3, -0.25) is 9.59 Å². The molecule has 3 rings (SSSR count). The van der Waals surface area contributed by atoms with Crippen LogP contribution >= 0.6 is 0 Å². The van der Waals surface area contributed by atoms with E-state index in [2.05, 4.69) is 5.32 Å². The lowest BCUT2D eigenvalue weighted by Crippen LogP contribution is -2.28. The number of rotatable bonds is 3. The van der Waals surface area contributed by atoms with Crippen molar-refractivity contribution in [3.8, 4) is 0 Å². The Bertz CT molecular complexity index is 898. The zero-order chi connectivity index (χ0) is 19.8. The zero-order valence-corrected chi connectivity index (χ0v) is 13.7. The Morgan fingerprint density at radius 1 is 1.11 bits per heavy atom. The van der Waals surface area contributed by atoms with E-state index in [9.17, 15) is 31.5 Å². The molecule has 1 aliphatic rings. The average Bonchev–Trinajstić information content (AvgIpc) is 2.96. The maximum atomic E-state index is 13.9. The molecule has 0 aliphatic carbocycles. The molecule has 4 nitrogen and oxygen atoms in total. The molecule has 0 aromatic heterocycles. The number of carbonyl (C=O) groups is 2. The second-order valence-corrected chi connectivity index (χ2v) is 6.07. The second-order valence-electron chi connectivity index (χ2n) is 6.07. The Balaban J connectivity index is 1.73. The van der Waals surface area contributed by atoms with Crippen LogP contribution in [0.2, 0.25) is 0 Å². The van der Waals surface area contributed by atoms with Crippen LogP contribution in [0.25, 0.3) is 0 Å². The van der Waals surface area contributed by atoms with Gasteiger partial charge in [-0.2, -0.15) is 13.2 Å². The van der Waals surface area contributed by atoms with Crippen LogP contribution in [0.4, 0.5) is 33.3 Å². The fraction of sp³-hybridized carbons (Fsp3) is 0.222. The standard InChI is InChI=1S/C18H13F5N2O2/c19-12-4-5-15(14(20)8-12)25-9-10(6-16(25)26)17(27)24-13-3-1-2-11(7-13)18(21,22)23/h1-5,7-8,10H,6,9H2,(H,24,27). The van der Waals surface area contributed by atoms with Crippen LogP contribution in [-0.4, -0.2) is 18.4 Å². The number of anilines is 2. The van der Waals surface area contributed by atoms with Gasteiger partial charge in [-0.05, 0) is 30.3 Å². The Kier molecular flexibility index (Phi) is 4.86. The number of hydrogen-bond acceptors (Lipinski definition) is 2. The molecule has 2 aromatic rings. The summed E-state index contributed by atoms with van der Waals surface area (Å²) < 4.78 is 65.1.